The number of likely N-dealkylation sites (tertiary alicyclic amines) is 1. The van der Waals surface area contributed by atoms with Crippen molar-refractivity contribution in [1.29, 1.82) is 0 Å². The highest BCUT2D eigenvalue weighted by molar-refractivity contribution is 7.91. The first kappa shape index (κ1) is 32.8. The van der Waals surface area contributed by atoms with Gasteiger partial charge in [0.05, 0.1) is 28.2 Å². The highest BCUT2D eigenvalue weighted by Crippen LogP contribution is 2.43. The molecular weight excluding hydrogens is 617 g/mol. The molecule has 0 spiro atoms. The van der Waals surface area contributed by atoms with Crippen LogP contribution in [-0.4, -0.2) is 42.1 Å². The van der Waals surface area contributed by atoms with Crippen molar-refractivity contribution >= 4 is 34.8 Å². The molecule has 1 aromatic carbocycles. The largest absolute Gasteiger partial charge is 0.591 e. The molecule has 6 nitrogen and oxygen atoms in total. The first-order valence-electron chi connectivity index (χ1n) is 11.6. The molecule has 1 amide bonds. The number of carboxylic acid groups (broad SMARTS) is 1. The average Bonchev–Trinajstić information content (AvgIpc) is 3.24. The molecule has 0 radical (unpaired) electrons. The van der Waals surface area contributed by atoms with E-state index in [2.05, 4.69) is 9.38 Å². The van der Waals surface area contributed by atoms with E-state index in [4.69, 9.17) is 11.6 Å². The molecule has 0 saturated carbocycles. The molecule has 1 saturated heterocycles. The number of hydrogen-bond donors (Lipinski definition) is 1. The fraction of sp³-hybridized carbons (Fsp3) is 0.458. The van der Waals surface area contributed by atoms with E-state index in [0.29, 0.717) is 29.3 Å². The van der Waals surface area contributed by atoms with Gasteiger partial charge in [0.25, 0.3) is 0 Å². The molecule has 1 aromatic heterocycles. The molecule has 1 aliphatic heterocycles. The number of aromatic nitrogens is 1. The van der Waals surface area contributed by atoms with Gasteiger partial charge in [-0.1, -0.05) is 16.0 Å². The van der Waals surface area contributed by atoms with Crippen LogP contribution in [0.5, 0.6) is 0 Å². The smallest absolute Gasteiger partial charge is 0.433 e. The Hall–Kier alpha value is -2.72. The van der Waals surface area contributed by atoms with Crippen LogP contribution in [0.25, 0.3) is 0 Å². The molecule has 3 atom stereocenters. The molecule has 41 heavy (non-hydrogen) atoms. The quantitative estimate of drug-likeness (QED) is 0.210. The van der Waals surface area contributed by atoms with Crippen LogP contribution in [0.2, 0.25) is 5.02 Å². The molecule has 2 aromatic rings. The lowest BCUT2D eigenvalue weighted by atomic mass is 9.96. The maximum absolute atomic E-state index is 13.6. The minimum Gasteiger partial charge on any atom is -0.591 e. The summed E-state index contributed by atoms with van der Waals surface area (Å²) in [5.41, 5.74) is -6.67. The first-order chi connectivity index (χ1) is 18.5. The third-order valence-corrected chi connectivity index (χ3v) is 7.77. The summed E-state index contributed by atoms with van der Waals surface area (Å²) in [6.07, 6.45) is -17.1. The number of alkyl halides is 9. The zero-order chi connectivity index (χ0) is 31.3. The fourth-order valence-electron chi connectivity index (χ4n) is 4.15. The highest BCUT2D eigenvalue weighted by atomic mass is 35.5. The van der Waals surface area contributed by atoms with Gasteiger partial charge in [-0.25, -0.2) is 4.79 Å². The second-order valence-corrected chi connectivity index (χ2v) is 12.3. The number of amides is 1. The predicted molar refractivity (Wildman–Crippen MR) is 131 cm³/mol. The van der Waals surface area contributed by atoms with E-state index in [1.807, 2.05) is 0 Å². The van der Waals surface area contributed by atoms with Gasteiger partial charge >= 0.3 is 24.6 Å². The van der Waals surface area contributed by atoms with Crippen LogP contribution in [0.4, 0.5) is 44.3 Å². The van der Waals surface area contributed by atoms with Crippen LogP contribution in [0, 0.1) is 0 Å². The third kappa shape index (κ3) is 7.38. The average molecular weight is 638 g/mol. The summed E-state index contributed by atoms with van der Waals surface area (Å²) in [5.74, 6) is 0. The Bertz CT molecular complexity index is 1310. The molecular formula is C24H21ClF9N3O3S. The van der Waals surface area contributed by atoms with Crippen molar-refractivity contribution in [2.75, 3.05) is 0 Å². The molecule has 0 bridgehead atoms. The van der Waals surface area contributed by atoms with Crippen LogP contribution >= 0.6 is 11.6 Å². The molecule has 0 aliphatic carbocycles. The molecule has 17 heteroatoms. The molecule has 1 aliphatic rings. The van der Waals surface area contributed by atoms with Gasteiger partial charge in [0.2, 0.25) is 0 Å². The number of halogens is 10. The van der Waals surface area contributed by atoms with Gasteiger partial charge in [0, 0.05) is 11.8 Å². The standard InChI is InChI=1S/C24H21ClF9N3O3S/c1-21(2,3)41(40)36-19(11-6-12(22(26,27)28)8-13(7-11)23(29,30)31)17-5-4-16(37(17)20(38)39)14-9-18(24(32,33)34)35-10-15(14)25/h6-10,16-17H,4-5H2,1-3H3,(H,38,39)/t16-,17-,41?/m0/s1. The Morgan fingerprint density at radius 1 is 0.976 bits per heavy atom. The van der Waals surface area contributed by atoms with E-state index in [9.17, 15) is 54.0 Å². The second-order valence-electron chi connectivity index (χ2n) is 10.0. The number of pyridine rings is 1. The lowest BCUT2D eigenvalue weighted by Gasteiger charge is -2.30. The SMILES string of the molecule is CC(C)(C)[S+]([O-])N=C(c1cc(C(F)(F)F)cc(C(F)(F)F)c1)[C@@H]1CC[C@@H](c2cc(C(F)(F)F)ncc2Cl)N1C(=O)O. The van der Waals surface area contributed by atoms with Crippen LogP contribution in [0.1, 0.15) is 67.6 Å². The molecule has 3 rings (SSSR count). The molecule has 226 valence electrons. The van der Waals surface area contributed by atoms with Gasteiger partial charge in [-0.2, -0.15) is 39.5 Å². The third-order valence-electron chi connectivity index (χ3n) is 6.04. The summed E-state index contributed by atoms with van der Waals surface area (Å²) in [7, 11) is 0. The normalized spacial score (nSPS) is 20.0. The first-order valence-corrected chi connectivity index (χ1v) is 13.0. The van der Waals surface area contributed by atoms with Crippen LogP contribution in [0.3, 0.4) is 0 Å². The predicted octanol–water partition coefficient (Wildman–Crippen LogP) is 7.93. The lowest BCUT2D eigenvalue weighted by Crippen LogP contribution is -2.42. The number of benzene rings is 1. The van der Waals surface area contributed by atoms with E-state index in [1.54, 1.807) is 0 Å². The Morgan fingerprint density at radius 3 is 1.95 bits per heavy atom. The van der Waals surface area contributed by atoms with Crippen molar-refractivity contribution in [3.05, 3.63) is 63.4 Å². The van der Waals surface area contributed by atoms with E-state index in [1.165, 1.54) is 20.8 Å². The zero-order valence-electron chi connectivity index (χ0n) is 21.2. The Balaban J connectivity index is 2.27. The maximum atomic E-state index is 13.6. The number of hydrogen-bond acceptors (Lipinski definition) is 4. The summed E-state index contributed by atoms with van der Waals surface area (Å²) in [5, 5.41) is 9.69. The summed E-state index contributed by atoms with van der Waals surface area (Å²) < 4.78 is 137. The molecule has 1 unspecified atom stereocenters. The number of nitrogens with zero attached hydrogens (tertiary/aromatic N) is 3. The number of carbonyl (C=O) groups is 1. The summed E-state index contributed by atoms with van der Waals surface area (Å²) >= 11 is 3.75. The summed E-state index contributed by atoms with van der Waals surface area (Å²) in [6.45, 7) is 4.25. The summed E-state index contributed by atoms with van der Waals surface area (Å²) in [4.78, 5) is 16.1. The van der Waals surface area contributed by atoms with Gasteiger partial charge in [0.15, 0.2) is 0 Å². The second kappa shape index (κ2) is 11.2. The molecule has 2 heterocycles. The maximum Gasteiger partial charge on any atom is 0.433 e. The van der Waals surface area contributed by atoms with Gasteiger partial charge in [0.1, 0.15) is 27.5 Å². The van der Waals surface area contributed by atoms with Gasteiger partial charge in [-0.3, -0.25) is 9.88 Å². The van der Waals surface area contributed by atoms with Crippen LogP contribution in [-0.2, 0) is 29.9 Å². The van der Waals surface area contributed by atoms with E-state index >= 15 is 0 Å². The zero-order valence-corrected chi connectivity index (χ0v) is 22.8. The van der Waals surface area contributed by atoms with Gasteiger partial charge in [-0.15, -0.1) is 0 Å². The van der Waals surface area contributed by atoms with Crippen molar-refractivity contribution in [1.82, 2.24) is 9.88 Å². The Kier molecular flexibility index (Phi) is 8.93. The fourth-order valence-corrected chi connectivity index (χ4v) is 5.06. The van der Waals surface area contributed by atoms with Crippen LogP contribution in [0.15, 0.2) is 34.9 Å². The van der Waals surface area contributed by atoms with Crippen molar-refractivity contribution in [3.63, 3.8) is 0 Å². The van der Waals surface area contributed by atoms with Crippen molar-refractivity contribution < 1.29 is 54.0 Å². The van der Waals surface area contributed by atoms with E-state index in [0.717, 1.165) is 0 Å². The monoisotopic (exact) mass is 637 g/mol. The van der Waals surface area contributed by atoms with E-state index in [-0.39, 0.29) is 29.5 Å². The topological polar surface area (TPSA) is 88.9 Å². The van der Waals surface area contributed by atoms with Gasteiger partial charge in [-0.05, 0) is 63.4 Å². The van der Waals surface area contributed by atoms with Crippen molar-refractivity contribution in [3.8, 4) is 0 Å². The minimum atomic E-state index is -5.26. The highest BCUT2D eigenvalue weighted by Gasteiger charge is 2.46. The van der Waals surface area contributed by atoms with Crippen molar-refractivity contribution in [2.24, 2.45) is 4.40 Å². The van der Waals surface area contributed by atoms with Crippen LogP contribution < -0.4 is 0 Å². The van der Waals surface area contributed by atoms with E-state index < -0.39 is 80.9 Å². The molecule has 1 N–H and O–H groups in total. The lowest BCUT2D eigenvalue weighted by molar-refractivity contribution is -0.143. The summed E-state index contributed by atoms with van der Waals surface area (Å²) in [6, 6.07) is -2.00. The number of rotatable bonds is 4. The van der Waals surface area contributed by atoms with Gasteiger partial charge < -0.3 is 9.66 Å². The van der Waals surface area contributed by atoms with Crippen molar-refractivity contribution in [2.45, 2.75) is 69.0 Å². The minimum absolute atomic E-state index is 0.135. The Labute approximate surface area is 235 Å². The Morgan fingerprint density at radius 2 is 1.51 bits per heavy atom. The molecule has 1 fully saturated rings.